The van der Waals surface area contributed by atoms with E-state index in [0.717, 1.165) is 0 Å². The number of aromatic nitrogens is 1. The molecule has 0 bridgehead atoms. The SMILES string of the molecule is NCCNC(=O)/C=C1\CCNC(=O)c2[nH]c3ccc(F)cc3c21. The van der Waals surface area contributed by atoms with Crippen LogP contribution in [0.15, 0.2) is 24.3 Å². The number of hydrogen-bond acceptors (Lipinski definition) is 3. The summed E-state index contributed by atoms with van der Waals surface area (Å²) in [6.07, 6.45) is 1.94. The van der Waals surface area contributed by atoms with Crippen molar-refractivity contribution in [2.45, 2.75) is 6.42 Å². The molecule has 5 N–H and O–H groups in total. The van der Waals surface area contributed by atoms with Crippen molar-refractivity contribution in [1.82, 2.24) is 15.6 Å². The van der Waals surface area contributed by atoms with E-state index in [9.17, 15) is 14.0 Å². The van der Waals surface area contributed by atoms with E-state index in [2.05, 4.69) is 15.6 Å². The highest BCUT2D eigenvalue weighted by Gasteiger charge is 2.24. The molecule has 1 aliphatic heterocycles. The molecule has 2 aromatic rings. The molecule has 23 heavy (non-hydrogen) atoms. The first kappa shape index (κ1) is 15.2. The molecule has 120 valence electrons. The van der Waals surface area contributed by atoms with E-state index in [1.165, 1.54) is 18.2 Å². The van der Waals surface area contributed by atoms with Gasteiger partial charge in [0.05, 0.1) is 0 Å². The molecule has 1 aliphatic rings. The number of H-pyrrole nitrogens is 1. The average molecular weight is 316 g/mol. The lowest BCUT2D eigenvalue weighted by Gasteiger charge is -2.06. The molecule has 0 aliphatic carbocycles. The molecular weight excluding hydrogens is 299 g/mol. The first-order valence-electron chi connectivity index (χ1n) is 7.38. The molecule has 0 atom stereocenters. The van der Waals surface area contributed by atoms with Gasteiger partial charge in [-0.3, -0.25) is 9.59 Å². The summed E-state index contributed by atoms with van der Waals surface area (Å²) in [4.78, 5) is 27.2. The van der Waals surface area contributed by atoms with Crippen LogP contribution in [-0.2, 0) is 4.79 Å². The monoisotopic (exact) mass is 316 g/mol. The van der Waals surface area contributed by atoms with Crippen LogP contribution in [0.2, 0.25) is 0 Å². The molecule has 0 saturated heterocycles. The molecule has 0 fully saturated rings. The van der Waals surface area contributed by atoms with E-state index in [-0.39, 0.29) is 11.8 Å². The standard InChI is InChI=1S/C16H17FN4O2/c17-10-1-2-12-11(8-10)14-9(7-13(22)19-6-4-18)3-5-20-16(23)15(14)21-12/h1-2,7-8,21H,3-6,18H2,(H,19,22)(H,20,23)/b9-7+. The van der Waals surface area contributed by atoms with Gasteiger partial charge in [-0.1, -0.05) is 0 Å². The molecule has 2 amide bonds. The molecule has 1 aromatic carbocycles. The van der Waals surface area contributed by atoms with Gasteiger partial charge in [-0.15, -0.1) is 0 Å². The number of carbonyl (C=O) groups is 2. The first-order valence-corrected chi connectivity index (χ1v) is 7.38. The number of fused-ring (bicyclic) bond motifs is 3. The topological polar surface area (TPSA) is 100 Å². The summed E-state index contributed by atoms with van der Waals surface area (Å²) in [7, 11) is 0. The molecule has 2 heterocycles. The predicted octanol–water partition coefficient (Wildman–Crippen LogP) is 0.899. The van der Waals surface area contributed by atoms with Gasteiger partial charge in [0.25, 0.3) is 5.91 Å². The number of aromatic amines is 1. The van der Waals surface area contributed by atoms with Crippen molar-refractivity contribution in [2.75, 3.05) is 19.6 Å². The molecule has 7 heteroatoms. The number of rotatable bonds is 3. The number of nitrogens with one attached hydrogen (secondary N) is 3. The van der Waals surface area contributed by atoms with Crippen molar-refractivity contribution in [3.05, 3.63) is 41.3 Å². The molecule has 0 radical (unpaired) electrons. The van der Waals surface area contributed by atoms with Gasteiger partial charge in [0, 0.05) is 42.2 Å². The number of nitrogens with two attached hydrogens (primary N) is 1. The largest absolute Gasteiger partial charge is 0.351 e. The van der Waals surface area contributed by atoms with Gasteiger partial charge in [0.1, 0.15) is 11.5 Å². The highest BCUT2D eigenvalue weighted by atomic mass is 19.1. The van der Waals surface area contributed by atoms with Crippen LogP contribution in [0.1, 0.15) is 22.5 Å². The fourth-order valence-corrected chi connectivity index (χ4v) is 2.74. The summed E-state index contributed by atoms with van der Waals surface area (Å²) in [6, 6.07) is 4.28. The van der Waals surface area contributed by atoms with Crippen molar-refractivity contribution >= 4 is 28.3 Å². The maximum Gasteiger partial charge on any atom is 0.268 e. The molecule has 6 nitrogen and oxygen atoms in total. The van der Waals surface area contributed by atoms with Crippen LogP contribution in [0.25, 0.3) is 16.5 Å². The number of halogens is 1. The van der Waals surface area contributed by atoms with Gasteiger partial charge in [-0.25, -0.2) is 4.39 Å². The zero-order chi connectivity index (χ0) is 16.4. The zero-order valence-electron chi connectivity index (χ0n) is 12.4. The smallest absolute Gasteiger partial charge is 0.268 e. The molecular formula is C16H17FN4O2. The molecule has 0 saturated carbocycles. The Morgan fingerprint density at radius 2 is 2.26 bits per heavy atom. The molecule has 3 rings (SSSR count). The summed E-state index contributed by atoms with van der Waals surface area (Å²) >= 11 is 0. The van der Waals surface area contributed by atoms with Gasteiger partial charge in [0.15, 0.2) is 0 Å². The maximum absolute atomic E-state index is 13.6. The Balaban J connectivity index is 2.13. The maximum atomic E-state index is 13.6. The lowest BCUT2D eigenvalue weighted by molar-refractivity contribution is -0.116. The molecule has 1 aromatic heterocycles. The Morgan fingerprint density at radius 3 is 3.04 bits per heavy atom. The van der Waals surface area contributed by atoms with E-state index >= 15 is 0 Å². The van der Waals surface area contributed by atoms with Gasteiger partial charge in [-0.05, 0) is 30.2 Å². The minimum Gasteiger partial charge on any atom is -0.351 e. The quantitative estimate of drug-likeness (QED) is 0.633. The zero-order valence-corrected chi connectivity index (χ0v) is 12.4. The lowest BCUT2D eigenvalue weighted by atomic mass is 9.99. The van der Waals surface area contributed by atoms with Crippen LogP contribution < -0.4 is 16.4 Å². The fraction of sp³-hybridized carbons (Fsp3) is 0.250. The highest BCUT2D eigenvalue weighted by molar-refractivity contribution is 6.10. The summed E-state index contributed by atoms with van der Waals surface area (Å²) in [5.74, 6) is -0.935. The Kier molecular flexibility index (Phi) is 4.12. The normalized spacial score (nSPS) is 16.1. The van der Waals surface area contributed by atoms with Crippen molar-refractivity contribution in [1.29, 1.82) is 0 Å². The lowest BCUT2D eigenvalue weighted by Crippen LogP contribution is -2.27. The Morgan fingerprint density at radius 1 is 1.43 bits per heavy atom. The second-order valence-electron chi connectivity index (χ2n) is 5.32. The molecule has 0 unspecified atom stereocenters. The van der Waals surface area contributed by atoms with Crippen LogP contribution >= 0.6 is 0 Å². The van der Waals surface area contributed by atoms with Crippen molar-refractivity contribution in [3.63, 3.8) is 0 Å². The van der Waals surface area contributed by atoms with Gasteiger partial charge in [0.2, 0.25) is 5.91 Å². The van der Waals surface area contributed by atoms with Crippen LogP contribution in [0, 0.1) is 5.82 Å². The summed E-state index contributed by atoms with van der Waals surface area (Å²) < 4.78 is 13.6. The van der Waals surface area contributed by atoms with Crippen LogP contribution in [0.5, 0.6) is 0 Å². The van der Waals surface area contributed by atoms with Crippen LogP contribution in [-0.4, -0.2) is 36.4 Å². The number of carbonyl (C=O) groups excluding carboxylic acids is 2. The van der Waals surface area contributed by atoms with Gasteiger partial charge in [-0.2, -0.15) is 0 Å². The molecule has 0 spiro atoms. The minimum atomic E-state index is -0.393. The van der Waals surface area contributed by atoms with Crippen LogP contribution in [0.3, 0.4) is 0 Å². The Hall–Kier alpha value is -2.67. The fourth-order valence-electron chi connectivity index (χ4n) is 2.74. The third-order valence-electron chi connectivity index (χ3n) is 3.74. The number of hydrogen-bond donors (Lipinski definition) is 4. The summed E-state index contributed by atoms with van der Waals surface area (Å²) in [6.45, 7) is 1.13. The van der Waals surface area contributed by atoms with E-state index in [4.69, 9.17) is 5.73 Å². The van der Waals surface area contributed by atoms with E-state index in [0.29, 0.717) is 53.8 Å². The predicted molar refractivity (Wildman–Crippen MR) is 85.2 cm³/mol. The van der Waals surface area contributed by atoms with Crippen molar-refractivity contribution < 1.29 is 14.0 Å². The Bertz CT molecular complexity index is 810. The first-order chi connectivity index (χ1) is 11.1. The van der Waals surface area contributed by atoms with Crippen molar-refractivity contribution in [3.8, 4) is 0 Å². The van der Waals surface area contributed by atoms with Gasteiger partial charge < -0.3 is 21.4 Å². The van der Waals surface area contributed by atoms with E-state index in [1.807, 2.05) is 0 Å². The van der Waals surface area contributed by atoms with Gasteiger partial charge >= 0.3 is 0 Å². The third kappa shape index (κ3) is 2.95. The Labute approximate surface area is 131 Å². The average Bonchev–Trinajstić information content (AvgIpc) is 2.83. The second kappa shape index (κ2) is 6.21. The number of benzene rings is 1. The second-order valence-corrected chi connectivity index (χ2v) is 5.32. The number of amides is 2. The van der Waals surface area contributed by atoms with E-state index < -0.39 is 5.82 Å². The van der Waals surface area contributed by atoms with E-state index in [1.54, 1.807) is 6.07 Å². The summed E-state index contributed by atoms with van der Waals surface area (Å²) in [5.41, 5.74) is 7.64. The van der Waals surface area contributed by atoms with Crippen molar-refractivity contribution in [2.24, 2.45) is 5.73 Å². The minimum absolute atomic E-state index is 0.262. The third-order valence-corrected chi connectivity index (χ3v) is 3.74. The highest BCUT2D eigenvalue weighted by Crippen LogP contribution is 2.32. The summed E-state index contributed by atoms with van der Waals surface area (Å²) in [5, 5.41) is 6.02. The van der Waals surface area contributed by atoms with Crippen LogP contribution in [0.4, 0.5) is 4.39 Å².